The molecule has 126 valence electrons. The highest BCUT2D eigenvalue weighted by Crippen LogP contribution is 2.44. The Bertz CT molecular complexity index is 707. The number of carbonyl (C=O) groups is 1. The van der Waals surface area contributed by atoms with Gasteiger partial charge in [-0.05, 0) is 43.2 Å². The summed E-state index contributed by atoms with van der Waals surface area (Å²) in [6, 6.07) is 6.83. The van der Waals surface area contributed by atoms with Crippen molar-refractivity contribution in [3.63, 3.8) is 0 Å². The number of hydrogen-bond acceptors (Lipinski definition) is 3. The van der Waals surface area contributed by atoms with E-state index >= 15 is 0 Å². The smallest absolute Gasteiger partial charge is 0.241 e. The lowest BCUT2D eigenvalue weighted by Gasteiger charge is -2.26. The summed E-state index contributed by atoms with van der Waals surface area (Å²) < 4.78 is 25.2. The van der Waals surface area contributed by atoms with Crippen LogP contribution < -0.4 is 9.62 Å². The first-order chi connectivity index (χ1) is 10.8. The standard InChI is InChI=1S/C16H21ClN2O3S/c1-23(21,22)19(15-5-3-2-4-13(15)17)10-16(20)18-14-9-11-6-7-12(14)8-11/h2-5,11-12,14H,6-10H2,1H3,(H,18,20)/t11-,12-,14-/m1/s1. The van der Waals surface area contributed by atoms with Crippen molar-refractivity contribution in [2.24, 2.45) is 11.8 Å². The maximum Gasteiger partial charge on any atom is 0.241 e. The van der Waals surface area contributed by atoms with Gasteiger partial charge in [0, 0.05) is 6.04 Å². The number of nitrogens with zero attached hydrogens (tertiary/aromatic N) is 1. The van der Waals surface area contributed by atoms with Crippen LogP contribution in [0.1, 0.15) is 25.7 Å². The van der Waals surface area contributed by atoms with Gasteiger partial charge in [-0.3, -0.25) is 9.10 Å². The highest BCUT2D eigenvalue weighted by atomic mass is 35.5. The monoisotopic (exact) mass is 356 g/mol. The average Bonchev–Trinajstić information content (AvgIpc) is 3.07. The van der Waals surface area contributed by atoms with Gasteiger partial charge in [0.25, 0.3) is 0 Å². The van der Waals surface area contributed by atoms with Crippen LogP contribution in [-0.4, -0.2) is 33.2 Å². The van der Waals surface area contributed by atoms with Crippen molar-refractivity contribution in [2.75, 3.05) is 17.1 Å². The van der Waals surface area contributed by atoms with Crippen LogP contribution in [0.2, 0.25) is 5.02 Å². The minimum atomic E-state index is -3.59. The third-order valence-corrected chi connectivity index (χ3v) is 6.34. The van der Waals surface area contributed by atoms with Crippen LogP contribution in [0.15, 0.2) is 24.3 Å². The van der Waals surface area contributed by atoms with E-state index in [1.165, 1.54) is 12.8 Å². The summed E-state index contributed by atoms with van der Waals surface area (Å²) in [6.45, 7) is -0.240. The molecule has 1 amide bonds. The summed E-state index contributed by atoms with van der Waals surface area (Å²) >= 11 is 6.09. The number of anilines is 1. The molecule has 0 aromatic heterocycles. The summed E-state index contributed by atoms with van der Waals surface area (Å²) in [6.07, 6.45) is 5.70. The molecular weight excluding hydrogens is 336 g/mol. The molecule has 3 atom stereocenters. The van der Waals surface area contributed by atoms with E-state index in [1.807, 2.05) is 0 Å². The highest BCUT2D eigenvalue weighted by Gasteiger charge is 2.40. The number of hydrogen-bond donors (Lipinski definition) is 1. The molecule has 1 aromatic carbocycles. The average molecular weight is 357 g/mol. The Morgan fingerprint density at radius 1 is 1.30 bits per heavy atom. The molecule has 0 radical (unpaired) electrons. The number of para-hydroxylation sites is 1. The maximum absolute atomic E-state index is 12.4. The number of fused-ring (bicyclic) bond motifs is 2. The van der Waals surface area contributed by atoms with Gasteiger partial charge in [0.1, 0.15) is 6.54 Å². The molecule has 0 heterocycles. The van der Waals surface area contributed by atoms with Crippen LogP contribution in [0.5, 0.6) is 0 Å². The largest absolute Gasteiger partial charge is 0.352 e. The van der Waals surface area contributed by atoms with Gasteiger partial charge in [-0.25, -0.2) is 8.42 Å². The van der Waals surface area contributed by atoms with Gasteiger partial charge in [-0.15, -0.1) is 0 Å². The number of benzene rings is 1. The molecule has 5 nitrogen and oxygen atoms in total. The quantitative estimate of drug-likeness (QED) is 0.881. The minimum absolute atomic E-state index is 0.189. The topological polar surface area (TPSA) is 66.5 Å². The molecule has 2 bridgehead atoms. The van der Waals surface area contributed by atoms with Gasteiger partial charge in [-0.2, -0.15) is 0 Å². The van der Waals surface area contributed by atoms with Gasteiger partial charge < -0.3 is 5.32 Å². The van der Waals surface area contributed by atoms with Gasteiger partial charge in [0.2, 0.25) is 15.9 Å². The van der Waals surface area contributed by atoms with Crippen molar-refractivity contribution < 1.29 is 13.2 Å². The van der Waals surface area contributed by atoms with Gasteiger partial charge in [0.05, 0.1) is 17.0 Å². The number of rotatable bonds is 5. The Morgan fingerprint density at radius 3 is 2.61 bits per heavy atom. The molecular formula is C16H21ClN2O3S. The molecule has 2 fully saturated rings. The van der Waals surface area contributed by atoms with Crippen LogP contribution in [0.3, 0.4) is 0 Å². The van der Waals surface area contributed by atoms with Gasteiger partial charge in [0.15, 0.2) is 0 Å². The summed E-state index contributed by atoms with van der Waals surface area (Å²) in [5.74, 6) is 1.00. The molecule has 0 saturated heterocycles. The van der Waals surface area contributed by atoms with Crippen LogP contribution >= 0.6 is 11.6 Å². The predicted octanol–water partition coefficient (Wildman–Crippen LogP) is 2.41. The Labute approximate surface area is 142 Å². The Hall–Kier alpha value is -1.27. The van der Waals surface area contributed by atoms with Crippen molar-refractivity contribution in [1.29, 1.82) is 0 Å². The first-order valence-corrected chi connectivity index (χ1v) is 10.1. The van der Waals surface area contributed by atoms with Crippen molar-refractivity contribution >= 4 is 33.2 Å². The molecule has 7 heteroatoms. The third kappa shape index (κ3) is 3.63. The van der Waals surface area contributed by atoms with E-state index in [-0.39, 0.29) is 18.5 Å². The number of amides is 1. The minimum Gasteiger partial charge on any atom is -0.352 e. The Balaban J connectivity index is 1.72. The van der Waals surface area contributed by atoms with E-state index in [0.29, 0.717) is 16.6 Å². The lowest BCUT2D eigenvalue weighted by Crippen LogP contribution is -2.45. The van der Waals surface area contributed by atoms with E-state index < -0.39 is 10.0 Å². The fraction of sp³-hybridized carbons (Fsp3) is 0.562. The fourth-order valence-corrected chi connectivity index (χ4v) is 5.00. The van der Waals surface area contributed by atoms with Crippen LogP contribution in [0.25, 0.3) is 0 Å². The van der Waals surface area contributed by atoms with Gasteiger partial charge in [-0.1, -0.05) is 30.2 Å². The first kappa shape index (κ1) is 16.6. The lowest BCUT2D eigenvalue weighted by molar-refractivity contribution is -0.120. The highest BCUT2D eigenvalue weighted by molar-refractivity contribution is 7.92. The van der Waals surface area contributed by atoms with E-state index in [1.54, 1.807) is 24.3 Å². The van der Waals surface area contributed by atoms with Crippen molar-refractivity contribution in [3.05, 3.63) is 29.3 Å². The van der Waals surface area contributed by atoms with Crippen molar-refractivity contribution in [1.82, 2.24) is 5.32 Å². The summed E-state index contributed by atoms with van der Waals surface area (Å²) in [5.41, 5.74) is 0.333. The zero-order valence-corrected chi connectivity index (χ0v) is 14.6. The molecule has 23 heavy (non-hydrogen) atoms. The Kier molecular flexibility index (Phi) is 4.56. The number of sulfonamides is 1. The summed E-state index contributed by atoms with van der Waals surface area (Å²) in [5, 5.41) is 3.32. The lowest BCUT2D eigenvalue weighted by atomic mass is 9.95. The van der Waals surface area contributed by atoms with Crippen LogP contribution in [0.4, 0.5) is 5.69 Å². The summed E-state index contributed by atoms with van der Waals surface area (Å²) in [7, 11) is -3.59. The second-order valence-corrected chi connectivity index (χ2v) is 8.88. The van der Waals surface area contributed by atoms with E-state index in [4.69, 9.17) is 11.6 Å². The number of carbonyl (C=O) groups excluding carboxylic acids is 1. The molecule has 2 saturated carbocycles. The normalized spacial score (nSPS) is 26.3. The van der Waals surface area contributed by atoms with Crippen LogP contribution in [0, 0.1) is 11.8 Å². The van der Waals surface area contributed by atoms with E-state index in [2.05, 4.69) is 5.32 Å². The van der Waals surface area contributed by atoms with Crippen molar-refractivity contribution in [3.8, 4) is 0 Å². The fourth-order valence-electron chi connectivity index (χ4n) is 3.84. The van der Waals surface area contributed by atoms with Crippen LogP contribution in [-0.2, 0) is 14.8 Å². The molecule has 0 aliphatic heterocycles. The first-order valence-electron chi connectivity index (χ1n) is 7.86. The second-order valence-electron chi connectivity index (χ2n) is 6.57. The summed E-state index contributed by atoms with van der Waals surface area (Å²) in [4.78, 5) is 12.4. The maximum atomic E-state index is 12.4. The van der Waals surface area contributed by atoms with Gasteiger partial charge >= 0.3 is 0 Å². The zero-order chi connectivity index (χ0) is 16.6. The molecule has 1 N–H and O–H groups in total. The molecule has 3 rings (SSSR count). The number of nitrogens with one attached hydrogen (secondary N) is 1. The SMILES string of the molecule is CS(=O)(=O)N(CC(=O)N[C@@H]1C[C@@H]2CC[C@@H]1C2)c1ccccc1Cl. The molecule has 0 unspecified atom stereocenters. The molecule has 0 spiro atoms. The van der Waals surface area contributed by atoms with Crippen molar-refractivity contribution in [2.45, 2.75) is 31.7 Å². The predicted molar refractivity (Wildman–Crippen MR) is 91.0 cm³/mol. The zero-order valence-electron chi connectivity index (χ0n) is 13.0. The molecule has 2 aliphatic rings. The second kappa shape index (κ2) is 6.32. The number of halogens is 1. The molecule has 1 aromatic rings. The Morgan fingerprint density at radius 2 is 2.04 bits per heavy atom. The molecule has 2 aliphatic carbocycles. The van der Waals surface area contributed by atoms with E-state index in [0.717, 1.165) is 29.3 Å². The third-order valence-electron chi connectivity index (χ3n) is 4.89. The van der Waals surface area contributed by atoms with E-state index in [9.17, 15) is 13.2 Å².